The lowest BCUT2D eigenvalue weighted by atomic mass is 9.98. The van der Waals surface area contributed by atoms with E-state index in [1.807, 2.05) is 0 Å². The number of aliphatic hydroxyl groups is 8. The maximum Gasteiger partial charge on any atom is 0.186 e. The van der Waals surface area contributed by atoms with Gasteiger partial charge in [-0.15, -0.1) is 0 Å². The van der Waals surface area contributed by atoms with Crippen molar-refractivity contribution < 1.29 is 55.1 Å². The van der Waals surface area contributed by atoms with Gasteiger partial charge >= 0.3 is 0 Å². The number of aliphatic hydroxyl groups excluding tert-OH is 8. The lowest BCUT2D eigenvalue weighted by Gasteiger charge is -2.41. The van der Waals surface area contributed by atoms with E-state index in [0.29, 0.717) is 0 Å². The van der Waals surface area contributed by atoms with Gasteiger partial charge in [-0.25, -0.2) is 0 Å². The Bertz CT molecular complexity index is 380. The van der Waals surface area contributed by atoms with Crippen molar-refractivity contribution in [3.8, 4) is 0 Å². The molecule has 2 aliphatic rings. The van der Waals surface area contributed by atoms with Crippen molar-refractivity contribution in [1.29, 1.82) is 0 Å². The van der Waals surface area contributed by atoms with Crippen molar-refractivity contribution in [3.63, 3.8) is 0 Å². The highest BCUT2D eigenvalue weighted by Gasteiger charge is 2.46. The molecule has 2 aliphatic heterocycles. The molecule has 11 heteroatoms. The predicted octanol–water partition coefficient (Wildman–Crippen LogP) is -5.40. The lowest BCUT2D eigenvalue weighted by molar-refractivity contribution is -0.325. The molecule has 0 spiro atoms. The quantitative estimate of drug-likeness (QED) is 0.243. The zero-order valence-electron chi connectivity index (χ0n) is 12.0. The van der Waals surface area contributed by atoms with Crippen LogP contribution in [0.5, 0.6) is 0 Å². The molecule has 10 atom stereocenters. The minimum atomic E-state index is -1.74. The maximum atomic E-state index is 9.78. The summed E-state index contributed by atoms with van der Waals surface area (Å²) in [7, 11) is 0. The van der Waals surface area contributed by atoms with Crippen molar-refractivity contribution in [1.82, 2.24) is 0 Å². The van der Waals surface area contributed by atoms with E-state index in [0.717, 1.165) is 0 Å². The Morgan fingerprint density at radius 3 is 1.83 bits per heavy atom. The summed E-state index contributed by atoms with van der Waals surface area (Å²) in [6, 6.07) is 0. The number of hydrogen-bond acceptors (Lipinski definition) is 11. The molecule has 0 amide bonds. The van der Waals surface area contributed by atoms with Crippen LogP contribution in [0.2, 0.25) is 0 Å². The Kier molecular flexibility index (Phi) is 6.27. The number of ether oxygens (including phenoxy) is 3. The van der Waals surface area contributed by atoms with Crippen LogP contribution >= 0.6 is 0 Å². The van der Waals surface area contributed by atoms with Crippen LogP contribution in [0.4, 0.5) is 0 Å². The fourth-order valence-corrected chi connectivity index (χ4v) is 2.46. The van der Waals surface area contributed by atoms with Crippen LogP contribution in [0, 0.1) is 0 Å². The highest BCUT2D eigenvalue weighted by molar-refractivity contribution is 4.91. The monoisotopic (exact) mass is 342 g/mol. The standard InChI is InChI=1S/C12H22O11/c13-1-3-5(14)8(17)10(19)12(23-3)21-2-4-6(15)7(16)9(18)11(20)22-4/h3-20H,1-2H2/t3-,4?,5+,6-,7+,8+,9-,10-,11-,12+/m0/s1. The van der Waals surface area contributed by atoms with Gasteiger partial charge in [0.25, 0.3) is 0 Å². The second-order valence-corrected chi connectivity index (χ2v) is 5.57. The van der Waals surface area contributed by atoms with Crippen molar-refractivity contribution in [2.24, 2.45) is 0 Å². The molecule has 8 N–H and O–H groups in total. The van der Waals surface area contributed by atoms with Crippen LogP contribution in [0.25, 0.3) is 0 Å². The molecule has 2 heterocycles. The van der Waals surface area contributed by atoms with Gasteiger partial charge in [0.2, 0.25) is 0 Å². The van der Waals surface area contributed by atoms with Crippen LogP contribution in [-0.4, -0.2) is 115 Å². The van der Waals surface area contributed by atoms with E-state index in [4.69, 9.17) is 19.3 Å². The minimum absolute atomic E-state index is 0.468. The molecule has 2 rings (SSSR count). The fourth-order valence-electron chi connectivity index (χ4n) is 2.46. The van der Waals surface area contributed by atoms with Crippen LogP contribution in [0.3, 0.4) is 0 Å². The van der Waals surface area contributed by atoms with Crippen LogP contribution in [0.1, 0.15) is 0 Å². The largest absolute Gasteiger partial charge is 0.394 e. The van der Waals surface area contributed by atoms with Crippen LogP contribution < -0.4 is 0 Å². The van der Waals surface area contributed by atoms with Crippen molar-refractivity contribution >= 4 is 0 Å². The van der Waals surface area contributed by atoms with Gasteiger partial charge in [0.05, 0.1) is 13.2 Å². The predicted molar refractivity (Wildman–Crippen MR) is 68.6 cm³/mol. The Labute approximate surface area is 130 Å². The average molecular weight is 342 g/mol. The van der Waals surface area contributed by atoms with Gasteiger partial charge in [0.15, 0.2) is 12.6 Å². The topological polar surface area (TPSA) is 190 Å². The van der Waals surface area contributed by atoms with Crippen LogP contribution in [0.15, 0.2) is 0 Å². The number of rotatable bonds is 4. The second kappa shape index (κ2) is 7.63. The summed E-state index contributed by atoms with van der Waals surface area (Å²) in [6.45, 7) is -1.10. The van der Waals surface area contributed by atoms with E-state index in [1.165, 1.54) is 0 Å². The molecule has 0 aliphatic carbocycles. The van der Waals surface area contributed by atoms with Gasteiger partial charge in [0, 0.05) is 0 Å². The van der Waals surface area contributed by atoms with Gasteiger partial charge in [-0.2, -0.15) is 0 Å². The van der Waals surface area contributed by atoms with Gasteiger partial charge in [-0.3, -0.25) is 0 Å². The molecule has 23 heavy (non-hydrogen) atoms. The first-order valence-corrected chi connectivity index (χ1v) is 7.07. The SMILES string of the molecule is OC[C@@H]1O[C@@H](OCC2O[C@H](O)[C@@H](O)[C@H](O)[C@H]2O)[C@@H](O)[C@H](O)[C@@H]1O. The third-order valence-electron chi connectivity index (χ3n) is 3.96. The lowest BCUT2D eigenvalue weighted by Crippen LogP contribution is -2.61. The van der Waals surface area contributed by atoms with Crippen LogP contribution in [-0.2, 0) is 14.2 Å². The molecule has 0 saturated carbocycles. The fraction of sp³-hybridized carbons (Fsp3) is 1.00. The summed E-state index contributed by atoms with van der Waals surface area (Å²) in [5.41, 5.74) is 0. The highest BCUT2D eigenvalue weighted by Crippen LogP contribution is 2.24. The Hall–Kier alpha value is -0.440. The zero-order chi connectivity index (χ0) is 17.3. The van der Waals surface area contributed by atoms with E-state index in [9.17, 15) is 35.7 Å². The Morgan fingerprint density at radius 2 is 1.22 bits per heavy atom. The Morgan fingerprint density at radius 1 is 0.652 bits per heavy atom. The summed E-state index contributed by atoms with van der Waals surface area (Å²) in [4.78, 5) is 0. The molecule has 2 saturated heterocycles. The molecule has 0 aromatic rings. The smallest absolute Gasteiger partial charge is 0.186 e. The molecule has 136 valence electrons. The van der Waals surface area contributed by atoms with Gasteiger partial charge in [0.1, 0.15) is 48.8 Å². The molecule has 1 unspecified atom stereocenters. The maximum absolute atomic E-state index is 9.78. The summed E-state index contributed by atoms with van der Waals surface area (Å²) in [5, 5.41) is 76.1. The molecule has 0 radical (unpaired) electrons. The molecule has 0 aromatic heterocycles. The molecule has 2 fully saturated rings. The molecule has 0 aromatic carbocycles. The third-order valence-corrected chi connectivity index (χ3v) is 3.96. The van der Waals surface area contributed by atoms with Gasteiger partial charge in [-0.05, 0) is 0 Å². The number of hydrogen-bond donors (Lipinski definition) is 8. The van der Waals surface area contributed by atoms with Gasteiger partial charge in [-0.1, -0.05) is 0 Å². The molecule has 0 bridgehead atoms. The van der Waals surface area contributed by atoms with E-state index < -0.39 is 74.6 Å². The van der Waals surface area contributed by atoms with E-state index in [-0.39, 0.29) is 0 Å². The first-order valence-electron chi connectivity index (χ1n) is 7.07. The summed E-state index contributed by atoms with van der Waals surface area (Å²) in [6.07, 6.45) is -15.3. The summed E-state index contributed by atoms with van der Waals surface area (Å²) >= 11 is 0. The zero-order valence-corrected chi connectivity index (χ0v) is 12.0. The first kappa shape index (κ1) is 18.9. The minimum Gasteiger partial charge on any atom is -0.394 e. The third kappa shape index (κ3) is 3.81. The highest BCUT2D eigenvalue weighted by atomic mass is 16.7. The normalized spacial score (nSPS) is 51.7. The Balaban J connectivity index is 1.94. The summed E-state index contributed by atoms with van der Waals surface area (Å²) in [5.74, 6) is 0. The molecular formula is C12H22O11. The summed E-state index contributed by atoms with van der Waals surface area (Å²) < 4.78 is 15.1. The van der Waals surface area contributed by atoms with E-state index in [1.54, 1.807) is 0 Å². The average Bonchev–Trinajstić information content (AvgIpc) is 2.54. The first-order chi connectivity index (χ1) is 10.8. The van der Waals surface area contributed by atoms with Crippen molar-refractivity contribution in [3.05, 3.63) is 0 Å². The van der Waals surface area contributed by atoms with Crippen molar-refractivity contribution in [2.45, 2.75) is 61.4 Å². The second-order valence-electron chi connectivity index (χ2n) is 5.57. The molecular weight excluding hydrogens is 320 g/mol. The van der Waals surface area contributed by atoms with E-state index in [2.05, 4.69) is 0 Å². The van der Waals surface area contributed by atoms with Gasteiger partial charge < -0.3 is 55.1 Å². The van der Waals surface area contributed by atoms with Crippen molar-refractivity contribution in [2.75, 3.05) is 13.2 Å². The molecule has 11 nitrogen and oxygen atoms in total. The van der Waals surface area contributed by atoms with E-state index >= 15 is 0 Å².